The van der Waals surface area contributed by atoms with Crippen molar-refractivity contribution >= 4 is 22.8 Å². The summed E-state index contributed by atoms with van der Waals surface area (Å²) in [4.78, 5) is 12.6. The summed E-state index contributed by atoms with van der Waals surface area (Å²) in [6.07, 6.45) is 1.73. The lowest BCUT2D eigenvalue weighted by atomic mass is 10.3. The minimum atomic E-state index is 0.434. The normalized spacial score (nSPS) is 10.8. The molecule has 3 rings (SSSR count). The van der Waals surface area contributed by atoms with Gasteiger partial charge in [-0.15, -0.1) is 0 Å². The molecule has 0 aliphatic heterocycles. The van der Waals surface area contributed by atoms with E-state index in [1.54, 1.807) is 12.3 Å². The number of aryl methyl sites for hydroxylation is 1. The van der Waals surface area contributed by atoms with E-state index in [1.165, 1.54) is 0 Å². The Kier molecular flexibility index (Phi) is 2.75. The van der Waals surface area contributed by atoms with Gasteiger partial charge in [0.05, 0.1) is 17.9 Å². The Morgan fingerprint density at radius 3 is 2.95 bits per heavy atom. The molecule has 0 aliphatic carbocycles. The lowest BCUT2D eigenvalue weighted by Crippen LogP contribution is -2.03. The molecule has 0 aliphatic rings. The number of hydrogen-bond donors (Lipinski definition) is 2. The quantitative estimate of drug-likeness (QED) is 0.697. The van der Waals surface area contributed by atoms with E-state index in [-0.39, 0.29) is 0 Å². The fraction of sp³-hybridized carbons (Fsp3) is 0.154. The second-order valence-electron chi connectivity index (χ2n) is 4.16. The molecule has 0 fully saturated rings. The Balaban J connectivity index is 1.80. The van der Waals surface area contributed by atoms with Crippen molar-refractivity contribution in [3.05, 3.63) is 42.0 Å². The molecule has 6 nitrogen and oxygen atoms in total. The fourth-order valence-corrected chi connectivity index (χ4v) is 1.82. The first-order valence-electron chi connectivity index (χ1n) is 5.90. The Morgan fingerprint density at radius 2 is 2.16 bits per heavy atom. The van der Waals surface area contributed by atoms with Crippen molar-refractivity contribution in [1.82, 2.24) is 15.0 Å². The maximum absolute atomic E-state index is 5.83. The first kappa shape index (κ1) is 11.5. The monoisotopic (exact) mass is 255 g/mol. The standard InChI is InChI=1S/C13H13N5O/c1-8-15-6-5-9(17-8)7-16-13-18-12-10(14)3-2-4-11(12)19-13/h2-6H,7,14H2,1H3,(H,16,18). The van der Waals surface area contributed by atoms with E-state index in [2.05, 4.69) is 20.3 Å². The zero-order valence-electron chi connectivity index (χ0n) is 10.4. The molecule has 0 saturated heterocycles. The van der Waals surface area contributed by atoms with Gasteiger partial charge >= 0.3 is 0 Å². The summed E-state index contributed by atoms with van der Waals surface area (Å²) in [5, 5.41) is 3.08. The SMILES string of the molecule is Cc1nccc(CNc2nc3c(N)cccc3o2)n1. The first-order valence-corrected chi connectivity index (χ1v) is 5.90. The third-order valence-electron chi connectivity index (χ3n) is 2.70. The maximum Gasteiger partial charge on any atom is 0.296 e. The summed E-state index contributed by atoms with van der Waals surface area (Å²) in [6, 6.07) is 7.74. The van der Waals surface area contributed by atoms with Gasteiger partial charge in [-0.2, -0.15) is 4.98 Å². The van der Waals surface area contributed by atoms with Crippen molar-refractivity contribution < 1.29 is 4.42 Å². The van der Waals surface area contributed by atoms with E-state index >= 15 is 0 Å². The van der Waals surface area contributed by atoms with Crippen LogP contribution in [0, 0.1) is 6.92 Å². The van der Waals surface area contributed by atoms with Crippen LogP contribution in [0.3, 0.4) is 0 Å². The number of hydrogen-bond acceptors (Lipinski definition) is 6. The highest BCUT2D eigenvalue weighted by molar-refractivity contribution is 5.86. The Labute approximate surface area is 109 Å². The van der Waals surface area contributed by atoms with E-state index in [4.69, 9.17) is 10.2 Å². The van der Waals surface area contributed by atoms with Crippen molar-refractivity contribution in [2.75, 3.05) is 11.1 Å². The van der Waals surface area contributed by atoms with Crippen LogP contribution in [-0.2, 0) is 6.54 Å². The molecule has 19 heavy (non-hydrogen) atoms. The topological polar surface area (TPSA) is 89.9 Å². The molecule has 0 amide bonds. The molecule has 0 radical (unpaired) electrons. The molecule has 0 unspecified atom stereocenters. The number of aromatic nitrogens is 3. The highest BCUT2D eigenvalue weighted by atomic mass is 16.4. The lowest BCUT2D eigenvalue weighted by Gasteiger charge is -2.01. The van der Waals surface area contributed by atoms with Crippen molar-refractivity contribution in [3.63, 3.8) is 0 Å². The van der Waals surface area contributed by atoms with Gasteiger partial charge in [-0.3, -0.25) is 0 Å². The average Bonchev–Trinajstić information content (AvgIpc) is 2.81. The molecule has 3 aromatic rings. The number of fused-ring (bicyclic) bond motifs is 1. The molecular weight excluding hydrogens is 242 g/mol. The van der Waals surface area contributed by atoms with Crippen LogP contribution in [0.5, 0.6) is 0 Å². The van der Waals surface area contributed by atoms with Crippen LogP contribution in [0.1, 0.15) is 11.5 Å². The van der Waals surface area contributed by atoms with Gasteiger partial charge in [-0.05, 0) is 25.1 Å². The molecule has 6 heteroatoms. The minimum Gasteiger partial charge on any atom is -0.423 e. The molecule has 96 valence electrons. The summed E-state index contributed by atoms with van der Waals surface area (Å²) in [5.74, 6) is 0.737. The molecule has 0 bridgehead atoms. The van der Waals surface area contributed by atoms with Gasteiger partial charge in [0.2, 0.25) is 0 Å². The van der Waals surface area contributed by atoms with Crippen molar-refractivity contribution in [3.8, 4) is 0 Å². The number of nitrogen functional groups attached to an aromatic ring is 1. The molecule has 0 saturated carbocycles. The molecule has 0 atom stereocenters. The number of rotatable bonds is 3. The second kappa shape index (κ2) is 4.56. The summed E-state index contributed by atoms with van der Waals surface area (Å²) in [6.45, 7) is 2.37. The van der Waals surface area contributed by atoms with Gasteiger partial charge in [0, 0.05) is 6.20 Å². The summed E-state index contributed by atoms with van der Waals surface area (Å²) in [7, 11) is 0. The summed E-state index contributed by atoms with van der Waals surface area (Å²) < 4.78 is 5.56. The number of anilines is 2. The highest BCUT2D eigenvalue weighted by Gasteiger charge is 2.07. The van der Waals surface area contributed by atoms with Crippen LogP contribution < -0.4 is 11.1 Å². The number of oxazole rings is 1. The van der Waals surface area contributed by atoms with Gasteiger partial charge < -0.3 is 15.5 Å². The van der Waals surface area contributed by atoms with Gasteiger partial charge in [-0.1, -0.05) is 6.07 Å². The van der Waals surface area contributed by atoms with Crippen LogP contribution in [0.15, 0.2) is 34.9 Å². The smallest absolute Gasteiger partial charge is 0.296 e. The average molecular weight is 255 g/mol. The summed E-state index contributed by atoms with van der Waals surface area (Å²) >= 11 is 0. The van der Waals surface area contributed by atoms with E-state index in [9.17, 15) is 0 Å². The molecule has 0 spiro atoms. The third kappa shape index (κ3) is 2.33. The Bertz CT molecular complexity index is 722. The number of nitrogens with zero attached hydrogens (tertiary/aromatic N) is 3. The second-order valence-corrected chi connectivity index (χ2v) is 4.16. The molecule has 2 heterocycles. The van der Waals surface area contributed by atoms with E-state index < -0.39 is 0 Å². The predicted molar refractivity (Wildman–Crippen MR) is 72.5 cm³/mol. The largest absolute Gasteiger partial charge is 0.423 e. The van der Waals surface area contributed by atoms with E-state index in [0.717, 1.165) is 11.5 Å². The van der Waals surface area contributed by atoms with E-state index in [1.807, 2.05) is 25.1 Å². The number of benzene rings is 1. The van der Waals surface area contributed by atoms with Crippen LogP contribution >= 0.6 is 0 Å². The van der Waals surface area contributed by atoms with Gasteiger partial charge in [0.15, 0.2) is 5.58 Å². The summed E-state index contributed by atoms with van der Waals surface area (Å²) in [5.41, 5.74) is 8.65. The molecule has 3 N–H and O–H groups in total. The van der Waals surface area contributed by atoms with Crippen LogP contribution in [0.2, 0.25) is 0 Å². The van der Waals surface area contributed by atoms with Crippen molar-refractivity contribution in [2.45, 2.75) is 13.5 Å². The molecule has 2 aromatic heterocycles. The van der Waals surface area contributed by atoms with E-state index in [0.29, 0.717) is 29.3 Å². The van der Waals surface area contributed by atoms with Crippen LogP contribution in [0.4, 0.5) is 11.7 Å². The molecular formula is C13H13N5O. The van der Waals surface area contributed by atoms with Crippen LogP contribution in [-0.4, -0.2) is 15.0 Å². The minimum absolute atomic E-state index is 0.434. The van der Waals surface area contributed by atoms with Gasteiger partial charge in [0.1, 0.15) is 11.3 Å². The van der Waals surface area contributed by atoms with Crippen molar-refractivity contribution in [2.24, 2.45) is 0 Å². The maximum atomic E-state index is 5.83. The highest BCUT2D eigenvalue weighted by Crippen LogP contribution is 2.23. The van der Waals surface area contributed by atoms with Crippen molar-refractivity contribution in [1.29, 1.82) is 0 Å². The third-order valence-corrected chi connectivity index (χ3v) is 2.70. The zero-order chi connectivity index (χ0) is 13.2. The number of para-hydroxylation sites is 1. The predicted octanol–water partition coefficient (Wildman–Crippen LogP) is 2.12. The fourth-order valence-electron chi connectivity index (χ4n) is 1.82. The molecule has 1 aromatic carbocycles. The van der Waals surface area contributed by atoms with Gasteiger partial charge in [-0.25, -0.2) is 9.97 Å². The zero-order valence-corrected chi connectivity index (χ0v) is 10.4. The first-order chi connectivity index (χ1) is 9.22. The van der Waals surface area contributed by atoms with Gasteiger partial charge in [0.25, 0.3) is 6.01 Å². The number of nitrogens with one attached hydrogen (secondary N) is 1. The van der Waals surface area contributed by atoms with Crippen LogP contribution in [0.25, 0.3) is 11.1 Å². The number of nitrogens with two attached hydrogens (primary N) is 1. The Hall–Kier alpha value is -2.63. The lowest BCUT2D eigenvalue weighted by molar-refractivity contribution is 0.613. The Morgan fingerprint density at radius 1 is 1.26 bits per heavy atom.